The monoisotopic (exact) mass is 553 g/mol. The lowest BCUT2D eigenvalue weighted by Crippen LogP contribution is -2.31. The van der Waals surface area contributed by atoms with E-state index in [2.05, 4.69) is 80.8 Å². The van der Waals surface area contributed by atoms with Crippen molar-refractivity contribution in [3.8, 4) is 5.75 Å². The first kappa shape index (κ1) is 27.5. The molecule has 1 atom stereocenters. The molecule has 1 amide bonds. The molecule has 1 unspecified atom stereocenters. The maximum atomic E-state index is 13.8. The highest BCUT2D eigenvalue weighted by Gasteiger charge is 2.34. The number of rotatable bonds is 8. The van der Waals surface area contributed by atoms with Gasteiger partial charge in [0.2, 0.25) is 11.1 Å². The highest BCUT2D eigenvalue weighted by atomic mass is 32.2. The van der Waals surface area contributed by atoms with E-state index in [0.717, 1.165) is 22.8 Å². The predicted octanol–water partition coefficient (Wildman–Crippen LogP) is 7.25. The molecule has 4 aromatic rings. The lowest BCUT2D eigenvalue weighted by atomic mass is 9.93. The lowest BCUT2D eigenvalue weighted by Gasteiger charge is -2.29. The van der Waals surface area contributed by atoms with E-state index < -0.39 is 6.04 Å². The summed E-state index contributed by atoms with van der Waals surface area (Å²) in [7, 11) is 1.62. The Kier molecular flexibility index (Phi) is 7.98. The SMILES string of the molecule is COc1ccc(NC(=O)C2=C(C)Nc3nc(SCc4ccc(C)cc4C)nn3C2c2ccc(C(C)C)cc2)cc1. The van der Waals surface area contributed by atoms with E-state index in [9.17, 15) is 4.79 Å². The summed E-state index contributed by atoms with van der Waals surface area (Å²) in [4.78, 5) is 18.6. The van der Waals surface area contributed by atoms with Gasteiger partial charge in [0.25, 0.3) is 5.91 Å². The Labute approximate surface area is 240 Å². The molecule has 3 aromatic carbocycles. The Balaban J connectivity index is 1.48. The lowest BCUT2D eigenvalue weighted by molar-refractivity contribution is -0.113. The van der Waals surface area contributed by atoms with Crippen LogP contribution in [0.25, 0.3) is 0 Å². The van der Waals surface area contributed by atoms with E-state index >= 15 is 0 Å². The van der Waals surface area contributed by atoms with Crippen molar-refractivity contribution in [2.45, 2.75) is 57.5 Å². The van der Waals surface area contributed by atoms with Gasteiger partial charge in [-0.2, -0.15) is 4.98 Å². The number of benzene rings is 3. The molecule has 0 radical (unpaired) electrons. The molecule has 206 valence electrons. The van der Waals surface area contributed by atoms with Crippen LogP contribution in [0.1, 0.15) is 60.5 Å². The Morgan fingerprint density at radius 2 is 1.77 bits per heavy atom. The molecule has 0 aliphatic carbocycles. The fraction of sp³-hybridized carbons (Fsp3) is 0.281. The Morgan fingerprint density at radius 1 is 1.05 bits per heavy atom. The molecule has 0 fully saturated rings. The van der Waals surface area contributed by atoms with Gasteiger partial charge in [0, 0.05) is 17.1 Å². The van der Waals surface area contributed by atoms with Crippen molar-refractivity contribution < 1.29 is 9.53 Å². The Morgan fingerprint density at radius 3 is 2.42 bits per heavy atom. The average molecular weight is 554 g/mol. The van der Waals surface area contributed by atoms with Crippen molar-refractivity contribution in [1.29, 1.82) is 0 Å². The summed E-state index contributed by atoms with van der Waals surface area (Å²) in [6, 6.07) is 21.8. The zero-order chi connectivity index (χ0) is 28.4. The van der Waals surface area contributed by atoms with Gasteiger partial charge in [0.15, 0.2) is 0 Å². The zero-order valence-electron chi connectivity index (χ0n) is 23.8. The molecule has 5 rings (SSSR count). The zero-order valence-corrected chi connectivity index (χ0v) is 24.6. The number of hydrogen-bond donors (Lipinski definition) is 2. The van der Waals surface area contributed by atoms with Crippen LogP contribution in [-0.2, 0) is 10.5 Å². The molecule has 1 aromatic heterocycles. The fourth-order valence-electron chi connectivity index (χ4n) is 4.88. The number of amides is 1. The Hall–Kier alpha value is -4.04. The second-order valence-electron chi connectivity index (χ2n) is 10.5. The number of nitrogens with zero attached hydrogens (tertiary/aromatic N) is 3. The normalized spacial score (nSPS) is 14.6. The molecule has 8 heteroatoms. The quantitative estimate of drug-likeness (QED) is 0.224. The molecule has 2 heterocycles. The number of thioether (sulfide) groups is 1. The number of allylic oxidation sites excluding steroid dienone is 1. The molecular weight excluding hydrogens is 518 g/mol. The minimum Gasteiger partial charge on any atom is -0.497 e. The number of aryl methyl sites for hydroxylation is 2. The van der Waals surface area contributed by atoms with Gasteiger partial charge in [-0.05, 0) is 73.2 Å². The minimum atomic E-state index is -0.432. The third-order valence-electron chi connectivity index (χ3n) is 7.20. The van der Waals surface area contributed by atoms with Gasteiger partial charge in [0.05, 0.1) is 12.7 Å². The van der Waals surface area contributed by atoms with E-state index in [1.165, 1.54) is 22.3 Å². The van der Waals surface area contributed by atoms with Crippen LogP contribution in [0.2, 0.25) is 0 Å². The molecule has 1 aliphatic rings. The summed E-state index contributed by atoms with van der Waals surface area (Å²) < 4.78 is 7.10. The highest BCUT2D eigenvalue weighted by Crippen LogP contribution is 2.37. The van der Waals surface area contributed by atoms with Crippen LogP contribution in [0.15, 0.2) is 83.2 Å². The van der Waals surface area contributed by atoms with Gasteiger partial charge in [-0.3, -0.25) is 4.79 Å². The van der Waals surface area contributed by atoms with Crippen LogP contribution >= 0.6 is 11.8 Å². The first-order chi connectivity index (χ1) is 19.2. The molecule has 7 nitrogen and oxygen atoms in total. The molecule has 0 spiro atoms. The highest BCUT2D eigenvalue weighted by molar-refractivity contribution is 7.98. The fourth-order valence-corrected chi connectivity index (χ4v) is 5.79. The van der Waals surface area contributed by atoms with Crippen molar-refractivity contribution in [1.82, 2.24) is 14.8 Å². The van der Waals surface area contributed by atoms with Gasteiger partial charge in [-0.15, -0.1) is 5.10 Å². The van der Waals surface area contributed by atoms with Gasteiger partial charge < -0.3 is 15.4 Å². The second-order valence-corrected chi connectivity index (χ2v) is 11.4. The average Bonchev–Trinajstić information content (AvgIpc) is 3.34. The first-order valence-electron chi connectivity index (χ1n) is 13.4. The molecule has 1 aliphatic heterocycles. The Bertz CT molecular complexity index is 1560. The molecule has 2 N–H and O–H groups in total. The van der Waals surface area contributed by atoms with E-state index in [1.54, 1.807) is 18.9 Å². The van der Waals surface area contributed by atoms with Crippen LogP contribution in [0.4, 0.5) is 11.6 Å². The van der Waals surface area contributed by atoms with Crippen LogP contribution in [0, 0.1) is 13.8 Å². The van der Waals surface area contributed by atoms with Crippen LogP contribution in [0.3, 0.4) is 0 Å². The van der Waals surface area contributed by atoms with E-state index in [1.807, 2.05) is 35.9 Å². The van der Waals surface area contributed by atoms with Gasteiger partial charge in [-0.1, -0.05) is 73.6 Å². The maximum absolute atomic E-state index is 13.8. The van der Waals surface area contributed by atoms with Gasteiger partial charge >= 0.3 is 0 Å². The number of carbonyl (C=O) groups excluding carboxylic acids is 1. The van der Waals surface area contributed by atoms with Crippen LogP contribution in [0.5, 0.6) is 5.75 Å². The molecule has 0 saturated heterocycles. The minimum absolute atomic E-state index is 0.196. The first-order valence-corrected chi connectivity index (χ1v) is 14.4. The number of ether oxygens (including phenoxy) is 1. The number of methoxy groups -OCH3 is 1. The predicted molar refractivity (Wildman–Crippen MR) is 162 cm³/mol. The number of aromatic nitrogens is 3. The van der Waals surface area contributed by atoms with E-state index in [-0.39, 0.29) is 5.91 Å². The number of hydrogen-bond acceptors (Lipinski definition) is 6. The van der Waals surface area contributed by atoms with E-state index in [4.69, 9.17) is 14.8 Å². The van der Waals surface area contributed by atoms with Crippen LogP contribution in [-0.4, -0.2) is 27.8 Å². The number of carbonyl (C=O) groups is 1. The number of fused-ring (bicyclic) bond motifs is 1. The summed E-state index contributed by atoms with van der Waals surface area (Å²) in [5.74, 6) is 2.33. The summed E-state index contributed by atoms with van der Waals surface area (Å²) in [6.45, 7) is 10.5. The maximum Gasteiger partial charge on any atom is 0.255 e. The van der Waals surface area contributed by atoms with Crippen molar-refractivity contribution in [3.05, 3.63) is 106 Å². The summed E-state index contributed by atoms with van der Waals surface area (Å²) in [5, 5.41) is 12.0. The standard InChI is InChI=1S/C32H35N5O2S/c1-19(2)23-9-11-24(12-10-23)29-28(30(38)34-26-13-15-27(39-6)16-14-26)22(5)33-31-35-32(36-37(29)31)40-18-25-8-7-20(3)17-21(25)4/h7-17,19,29H,18H2,1-6H3,(H,34,38)(H,33,35,36). The van der Waals surface area contributed by atoms with Crippen molar-refractivity contribution in [3.63, 3.8) is 0 Å². The smallest absolute Gasteiger partial charge is 0.255 e. The van der Waals surface area contributed by atoms with Gasteiger partial charge in [0.1, 0.15) is 11.8 Å². The second kappa shape index (κ2) is 11.6. The van der Waals surface area contributed by atoms with Crippen LogP contribution < -0.4 is 15.4 Å². The molecule has 40 heavy (non-hydrogen) atoms. The number of anilines is 2. The summed E-state index contributed by atoms with van der Waals surface area (Å²) >= 11 is 1.59. The molecule has 0 saturated carbocycles. The van der Waals surface area contributed by atoms with E-state index in [0.29, 0.717) is 28.3 Å². The summed E-state index contributed by atoms with van der Waals surface area (Å²) in [5.41, 5.74) is 8.01. The van der Waals surface area contributed by atoms with Gasteiger partial charge in [-0.25, -0.2) is 4.68 Å². The topological polar surface area (TPSA) is 81.1 Å². The van der Waals surface area contributed by atoms with Crippen molar-refractivity contribution >= 4 is 29.3 Å². The largest absolute Gasteiger partial charge is 0.497 e. The third kappa shape index (κ3) is 5.77. The van der Waals surface area contributed by atoms with Crippen molar-refractivity contribution in [2.75, 3.05) is 17.7 Å². The third-order valence-corrected chi connectivity index (χ3v) is 8.09. The summed E-state index contributed by atoms with van der Waals surface area (Å²) in [6.07, 6.45) is 0. The number of nitrogens with one attached hydrogen (secondary N) is 2. The molecular formula is C32H35N5O2S. The molecule has 0 bridgehead atoms. The van der Waals surface area contributed by atoms with Crippen molar-refractivity contribution in [2.24, 2.45) is 0 Å².